The summed E-state index contributed by atoms with van der Waals surface area (Å²) in [5.74, 6) is -0.303. The zero-order chi connectivity index (χ0) is 17.1. The van der Waals surface area contributed by atoms with Gasteiger partial charge in [-0.2, -0.15) is 0 Å². The fourth-order valence-corrected chi connectivity index (χ4v) is 2.71. The average Bonchev–Trinajstić information content (AvgIpc) is 2.59. The minimum atomic E-state index is -0.325. The molecule has 0 aromatic heterocycles. The minimum Gasteiger partial charge on any atom is -0.503 e. The second kappa shape index (κ2) is 6.81. The topological polar surface area (TPSA) is 58.6 Å². The lowest BCUT2D eigenvalue weighted by atomic mass is 10.1. The number of fused-ring (bicyclic) bond motifs is 1. The first-order valence-corrected chi connectivity index (χ1v) is 7.92. The van der Waals surface area contributed by atoms with E-state index < -0.39 is 0 Å². The standard InChI is InChI=1S/C19H16ClNO3/c1-2-24-17-11-13(10-15(20)18(17)22)19(23)21-16-9-5-7-12-6-3-4-8-14(12)16/h3-11,22H,2H2,1H3,(H,21,23). The fraction of sp³-hybridized carbons (Fsp3) is 0.105. The van der Waals surface area contributed by atoms with Crippen LogP contribution in [0.25, 0.3) is 10.8 Å². The first kappa shape index (κ1) is 16.1. The van der Waals surface area contributed by atoms with E-state index in [9.17, 15) is 9.90 Å². The third-order valence-corrected chi connectivity index (χ3v) is 3.92. The van der Waals surface area contributed by atoms with Crippen LogP contribution in [-0.4, -0.2) is 17.6 Å². The maximum atomic E-state index is 12.6. The molecule has 3 aromatic rings. The second-order valence-corrected chi connectivity index (χ2v) is 5.63. The summed E-state index contributed by atoms with van der Waals surface area (Å²) < 4.78 is 5.31. The highest BCUT2D eigenvalue weighted by atomic mass is 35.5. The highest BCUT2D eigenvalue weighted by Gasteiger charge is 2.15. The number of ether oxygens (including phenoxy) is 1. The largest absolute Gasteiger partial charge is 0.503 e. The average molecular weight is 342 g/mol. The number of phenols is 1. The van der Waals surface area contributed by atoms with Crippen molar-refractivity contribution in [2.24, 2.45) is 0 Å². The third-order valence-electron chi connectivity index (χ3n) is 3.63. The van der Waals surface area contributed by atoms with Crippen molar-refractivity contribution in [2.45, 2.75) is 6.92 Å². The van der Waals surface area contributed by atoms with E-state index in [0.29, 0.717) is 17.9 Å². The first-order chi connectivity index (χ1) is 11.6. The van der Waals surface area contributed by atoms with Gasteiger partial charge in [0, 0.05) is 16.6 Å². The molecule has 0 radical (unpaired) electrons. The Bertz CT molecular complexity index is 903. The van der Waals surface area contributed by atoms with Crippen molar-refractivity contribution < 1.29 is 14.6 Å². The first-order valence-electron chi connectivity index (χ1n) is 7.54. The molecule has 0 aliphatic carbocycles. The van der Waals surface area contributed by atoms with Gasteiger partial charge in [0.1, 0.15) is 0 Å². The lowest BCUT2D eigenvalue weighted by Gasteiger charge is -2.12. The molecule has 0 fully saturated rings. The van der Waals surface area contributed by atoms with Gasteiger partial charge >= 0.3 is 0 Å². The van der Waals surface area contributed by atoms with Crippen LogP contribution in [0.4, 0.5) is 5.69 Å². The summed E-state index contributed by atoms with van der Waals surface area (Å²) in [6, 6.07) is 16.4. The lowest BCUT2D eigenvalue weighted by molar-refractivity contribution is 0.102. The van der Waals surface area contributed by atoms with Crippen LogP contribution < -0.4 is 10.1 Å². The van der Waals surface area contributed by atoms with E-state index in [2.05, 4.69) is 5.32 Å². The molecule has 0 aliphatic rings. The number of benzene rings is 3. The van der Waals surface area contributed by atoms with Gasteiger partial charge in [-0.25, -0.2) is 0 Å². The normalized spacial score (nSPS) is 10.6. The highest BCUT2D eigenvalue weighted by Crippen LogP contribution is 2.35. The van der Waals surface area contributed by atoms with Gasteiger partial charge in [-0.1, -0.05) is 48.0 Å². The van der Waals surface area contributed by atoms with Crippen LogP contribution in [0.1, 0.15) is 17.3 Å². The lowest BCUT2D eigenvalue weighted by Crippen LogP contribution is -2.12. The summed E-state index contributed by atoms with van der Waals surface area (Å²) in [5, 5.41) is 14.8. The van der Waals surface area contributed by atoms with Gasteiger partial charge in [0.05, 0.1) is 11.6 Å². The van der Waals surface area contributed by atoms with Gasteiger partial charge in [0.25, 0.3) is 5.91 Å². The van der Waals surface area contributed by atoms with E-state index in [1.54, 1.807) is 6.92 Å². The summed E-state index contributed by atoms with van der Waals surface area (Å²) in [5.41, 5.74) is 1.02. The molecule has 0 saturated heterocycles. The van der Waals surface area contributed by atoms with Crippen LogP contribution in [0.3, 0.4) is 0 Å². The van der Waals surface area contributed by atoms with Gasteiger partial charge in [-0.05, 0) is 30.5 Å². The molecule has 0 aliphatic heterocycles. The molecular weight excluding hydrogens is 326 g/mol. The minimum absolute atomic E-state index is 0.0732. The summed E-state index contributed by atoms with van der Waals surface area (Å²) in [7, 11) is 0. The Morgan fingerprint density at radius 3 is 2.71 bits per heavy atom. The van der Waals surface area contributed by atoms with Crippen LogP contribution in [0.15, 0.2) is 54.6 Å². The van der Waals surface area contributed by atoms with E-state index in [-0.39, 0.29) is 22.4 Å². The SMILES string of the molecule is CCOc1cc(C(=O)Nc2cccc3ccccc23)cc(Cl)c1O. The van der Waals surface area contributed by atoms with Gasteiger partial charge in [0.2, 0.25) is 0 Å². The number of amides is 1. The van der Waals surface area contributed by atoms with Crippen molar-refractivity contribution in [2.75, 3.05) is 11.9 Å². The molecule has 0 atom stereocenters. The predicted molar refractivity (Wildman–Crippen MR) is 96.2 cm³/mol. The molecule has 3 rings (SSSR count). The molecule has 1 amide bonds. The number of hydrogen-bond donors (Lipinski definition) is 2. The molecule has 3 aromatic carbocycles. The zero-order valence-corrected chi connectivity index (χ0v) is 13.8. The molecule has 24 heavy (non-hydrogen) atoms. The molecule has 4 nitrogen and oxygen atoms in total. The molecule has 0 unspecified atom stereocenters. The maximum absolute atomic E-state index is 12.6. The van der Waals surface area contributed by atoms with Gasteiger partial charge < -0.3 is 15.2 Å². The number of nitrogens with one attached hydrogen (secondary N) is 1. The van der Waals surface area contributed by atoms with Crippen molar-refractivity contribution in [3.8, 4) is 11.5 Å². The number of halogens is 1. The number of rotatable bonds is 4. The van der Waals surface area contributed by atoms with Crippen molar-refractivity contribution in [3.63, 3.8) is 0 Å². The number of aromatic hydroxyl groups is 1. The van der Waals surface area contributed by atoms with E-state index in [0.717, 1.165) is 10.8 Å². The number of carbonyl (C=O) groups is 1. The van der Waals surface area contributed by atoms with Crippen molar-refractivity contribution in [3.05, 3.63) is 65.2 Å². The molecule has 0 heterocycles. The van der Waals surface area contributed by atoms with Crippen molar-refractivity contribution >= 4 is 34.0 Å². The summed E-state index contributed by atoms with van der Waals surface area (Å²) >= 11 is 5.99. The third kappa shape index (κ3) is 3.14. The van der Waals surface area contributed by atoms with Crippen LogP contribution >= 0.6 is 11.6 Å². The Balaban J connectivity index is 1.95. The van der Waals surface area contributed by atoms with Gasteiger partial charge in [-0.3, -0.25) is 4.79 Å². The second-order valence-electron chi connectivity index (χ2n) is 5.22. The number of carbonyl (C=O) groups excluding carboxylic acids is 1. The van der Waals surface area contributed by atoms with Gasteiger partial charge in [0.15, 0.2) is 11.5 Å². The quantitative estimate of drug-likeness (QED) is 0.713. The predicted octanol–water partition coefficient (Wildman–Crippen LogP) is 4.85. The molecule has 2 N–H and O–H groups in total. The molecular formula is C19H16ClNO3. The van der Waals surface area contributed by atoms with Crippen LogP contribution in [0.2, 0.25) is 5.02 Å². The zero-order valence-electron chi connectivity index (χ0n) is 13.0. The molecule has 0 bridgehead atoms. The Morgan fingerprint density at radius 1 is 1.17 bits per heavy atom. The Labute approximate surface area is 144 Å². The van der Waals surface area contributed by atoms with Crippen LogP contribution in [-0.2, 0) is 0 Å². The van der Waals surface area contributed by atoms with E-state index in [4.69, 9.17) is 16.3 Å². The van der Waals surface area contributed by atoms with E-state index in [1.165, 1.54) is 12.1 Å². The summed E-state index contributed by atoms with van der Waals surface area (Å²) in [4.78, 5) is 12.6. The van der Waals surface area contributed by atoms with Crippen LogP contribution in [0, 0.1) is 0 Å². The molecule has 122 valence electrons. The summed E-state index contributed by atoms with van der Waals surface area (Å²) in [6.45, 7) is 2.15. The number of phenolic OH excluding ortho intramolecular Hbond substituents is 1. The Morgan fingerprint density at radius 2 is 1.92 bits per heavy atom. The molecule has 5 heteroatoms. The van der Waals surface area contributed by atoms with E-state index >= 15 is 0 Å². The van der Waals surface area contributed by atoms with Crippen molar-refractivity contribution in [1.82, 2.24) is 0 Å². The van der Waals surface area contributed by atoms with Crippen LogP contribution in [0.5, 0.6) is 11.5 Å². The number of hydrogen-bond acceptors (Lipinski definition) is 3. The monoisotopic (exact) mass is 341 g/mol. The Hall–Kier alpha value is -2.72. The maximum Gasteiger partial charge on any atom is 0.255 e. The highest BCUT2D eigenvalue weighted by molar-refractivity contribution is 6.32. The fourth-order valence-electron chi connectivity index (χ4n) is 2.50. The Kier molecular flexibility index (Phi) is 4.58. The summed E-state index contributed by atoms with van der Waals surface area (Å²) in [6.07, 6.45) is 0. The molecule has 0 saturated carbocycles. The molecule has 0 spiro atoms. The van der Waals surface area contributed by atoms with E-state index in [1.807, 2.05) is 42.5 Å². The van der Waals surface area contributed by atoms with Gasteiger partial charge in [-0.15, -0.1) is 0 Å². The van der Waals surface area contributed by atoms with Crippen molar-refractivity contribution in [1.29, 1.82) is 0 Å². The number of anilines is 1. The smallest absolute Gasteiger partial charge is 0.255 e.